The average Bonchev–Trinajstić information content (AvgIpc) is 2.82. The van der Waals surface area contributed by atoms with Gasteiger partial charge >= 0.3 is 5.97 Å². The highest BCUT2D eigenvalue weighted by atomic mass is 32.2. The summed E-state index contributed by atoms with van der Waals surface area (Å²) < 4.78 is 32.2. The van der Waals surface area contributed by atoms with E-state index in [4.69, 9.17) is 15.9 Å². The third-order valence-corrected chi connectivity index (χ3v) is 6.01. The van der Waals surface area contributed by atoms with Crippen molar-refractivity contribution in [1.29, 1.82) is 5.41 Å². The lowest BCUT2D eigenvalue weighted by Crippen LogP contribution is -2.49. The number of nitrogens with one attached hydrogen (secondary N) is 4. The fourth-order valence-corrected chi connectivity index (χ4v) is 3.97. The molecule has 0 saturated carbocycles. The first-order valence-electron chi connectivity index (χ1n) is 10.4. The summed E-state index contributed by atoms with van der Waals surface area (Å²) in [5.41, 5.74) is 6.19. The van der Waals surface area contributed by atoms with Gasteiger partial charge in [0.25, 0.3) is 5.91 Å². The van der Waals surface area contributed by atoms with Crippen LogP contribution < -0.4 is 21.1 Å². The summed E-state index contributed by atoms with van der Waals surface area (Å²) in [7, 11) is -4.02. The molecular formula is C22H27N5O6S. The van der Waals surface area contributed by atoms with E-state index < -0.39 is 33.8 Å². The molecule has 0 fully saturated rings. The van der Waals surface area contributed by atoms with Crippen LogP contribution >= 0.6 is 0 Å². The highest BCUT2D eigenvalue weighted by molar-refractivity contribution is 7.89. The molecule has 0 bridgehead atoms. The van der Waals surface area contributed by atoms with Crippen molar-refractivity contribution in [2.24, 2.45) is 5.73 Å². The fraction of sp³-hybridized carbons (Fsp3) is 0.273. The molecule has 0 aliphatic heterocycles. The number of ether oxygens (including phenoxy) is 1. The number of hydrogen-bond donors (Lipinski definition) is 5. The van der Waals surface area contributed by atoms with E-state index in [0.717, 1.165) is 0 Å². The molecular weight excluding hydrogens is 462 g/mol. The van der Waals surface area contributed by atoms with Gasteiger partial charge in [0.05, 0.1) is 11.5 Å². The number of nitrogens with two attached hydrogens (primary N) is 1. The predicted octanol–water partition coefficient (Wildman–Crippen LogP) is 0.117. The number of amidine groups is 1. The topological polar surface area (TPSA) is 181 Å². The lowest BCUT2D eigenvalue weighted by atomic mass is 10.1. The second-order valence-electron chi connectivity index (χ2n) is 7.04. The Morgan fingerprint density at radius 1 is 1.00 bits per heavy atom. The molecule has 1 atom stereocenters. The smallest absolute Gasteiger partial charge is 0.326 e. The Balaban J connectivity index is 1.88. The Kier molecular flexibility index (Phi) is 9.71. The monoisotopic (exact) mass is 489 g/mol. The molecule has 34 heavy (non-hydrogen) atoms. The zero-order valence-corrected chi connectivity index (χ0v) is 19.4. The Hall–Kier alpha value is -3.77. The van der Waals surface area contributed by atoms with Gasteiger partial charge in [0.15, 0.2) is 0 Å². The van der Waals surface area contributed by atoms with Gasteiger partial charge in [-0.3, -0.25) is 19.8 Å². The molecule has 0 aliphatic rings. The molecule has 182 valence electrons. The summed E-state index contributed by atoms with van der Waals surface area (Å²) in [5, 5.41) is 12.4. The van der Waals surface area contributed by atoms with Crippen LogP contribution in [-0.2, 0) is 24.3 Å². The summed E-state index contributed by atoms with van der Waals surface area (Å²) in [5.74, 6) is -1.86. The number of amides is 2. The molecule has 12 heteroatoms. The molecule has 1 unspecified atom stereocenters. The number of hydrogen-bond acceptors (Lipinski definition) is 7. The Morgan fingerprint density at radius 3 is 2.21 bits per heavy atom. The van der Waals surface area contributed by atoms with E-state index in [1.165, 1.54) is 36.4 Å². The average molecular weight is 490 g/mol. The number of benzene rings is 2. The summed E-state index contributed by atoms with van der Waals surface area (Å²) in [6.07, 6.45) is -0.0990. The number of rotatable bonds is 12. The second kappa shape index (κ2) is 12.5. The minimum atomic E-state index is -4.02. The molecule has 2 aromatic carbocycles. The van der Waals surface area contributed by atoms with Crippen LogP contribution in [0.25, 0.3) is 0 Å². The summed E-state index contributed by atoms with van der Waals surface area (Å²) in [6, 6.07) is 12.3. The Morgan fingerprint density at radius 2 is 1.62 bits per heavy atom. The van der Waals surface area contributed by atoms with Crippen LogP contribution in [-0.4, -0.2) is 57.8 Å². The van der Waals surface area contributed by atoms with Gasteiger partial charge in [-0.2, -0.15) is 4.72 Å². The molecule has 0 heterocycles. The van der Waals surface area contributed by atoms with Gasteiger partial charge < -0.3 is 21.1 Å². The van der Waals surface area contributed by atoms with Crippen molar-refractivity contribution in [2.75, 3.05) is 19.7 Å². The quantitative estimate of drug-likeness (QED) is 0.159. The van der Waals surface area contributed by atoms with E-state index in [9.17, 15) is 22.8 Å². The van der Waals surface area contributed by atoms with Gasteiger partial charge in [-0.15, -0.1) is 0 Å². The minimum absolute atomic E-state index is 0.0128. The predicted molar refractivity (Wildman–Crippen MR) is 125 cm³/mol. The molecule has 0 aliphatic carbocycles. The van der Waals surface area contributed by atoms with Crippen molar-refractivity contribution in [2.45, 2.75) is 24.3 Å². The zero-order valence-electron chi connectivity index (χ0n) is 18.5. The van der Waals surface area contributed by atoms with E-state index in [2.05, 4.69) is 15.4 Å². The van der Waals surface area contributed by atoms with E-state index in [1.54, 1.807) is 25.1 Å². The fourth-order valence-electron chi connectivity index (χ4n) is 2.77. The number of carbonyl (C=O) groups excluding carboxylic acids is 3. The molecule has 0 saturated heterocycles. The largest absolute Gasteiger partial charge is 0.465 e. The summed E-state index contributed by atoms with van der Waals surface area (Å²) >= 11 is 0. The third kappa shape index (κ3) is 7.98. The molecule has 0 spiro atoms. The first-order valence-corrected chi connectivity index (χ1v) is 11.9. The standard InChI is InChI=1S/C22H27N5O6S/c1-2-33-22(30)18(27-34(31,32)17-6-4-3-5-7-17)14-26-19(28)12-13-25-21(29)16-10-8-15(9-11-16)20(23)24/h3-11,18,27H,2,12-14H2,1H3,(H3,23,24)(H,25,29)(H,26,28). The van der Waals surface area contributed by atoms with Gasteiger partial charge in [-0.1, -0.05) is 30.3 Å². The van der Waals surface area contributed by atoms with Crippen molar-refractivity contribution in [3.8, 4) is 0 Å². The maximum atomic E-state index is 12.5. The van der Waals surface area contributed by atoms with Crippen LogP contribution in [0.15, 0.2) is 59.5 Å². The van der Waals surface area contributed by atoms with Crippen LogP contribution in [0.1, 0.15) is 29.3 Å². The first kappa shape index (κ1) is 26.5. The van der Waals surface area contributed by atoms with Crippen LogP contribution in [0.5, 0.6) is 0 Å². The molecule has 2 rings (SSSR count). The number of esters is 1. The van der Waals surface area contributed by atoms with Crippen molar-refractivity contribution in [3.63, 3.8) is 0 Å². The highest BCUT2D eigenvalue weighted by Crippen LogP contribution is 2.08. The van der Waals surface area contributed by atoms with E-state index in [1.807, 2.05) is 0 Å². The maximum absolute atomic E-state index is 12.5. The number of carbonyl (C=O) groups is 3. The highest BCUT2D eigenvalue weighted by Gasteiger charge is 2.27. The van der Waals surface area contributed by atoms with Gasteiger partial charge in [0.1, 0.15) is 11.9 Å². The lowest BCUT2D eigenvalue weighted by molar-refractivity contribution is -0.145. The third-order valence-electron chi connectivity index (χ3n) is 4.52. The summed E-state index contributed by atoms with van der Waals surface area (Å²) in [4.78, 5) is 36.5. The van der Waals surface area contributed by atoms with Crippen LogP contribution in [0.2, 0.25) is 0 Å². The van der Waals surface area contributed by atoms with Crippen LogP contribution in [0.4, 0.5) is 0 Å². The van der Waals surface area contributed by atoms with Crippen molar-refractivity contribution in [3.05, 3.63) is 65.7 Å². The van der Waals surface area contributed by atoms with Gasteiger partial charge in [0.2, 0.25) is 15.9 Å². The number of nitrogen functional groups attached to an aromatic ring is 1. The molecule has 2 amide bonds. The van der Waals surface area contributed by atoms with Gasteiger partial charge in [-0.25, -0.2) is 8.42 Å². The van der Waals surface area contributed by atoms with Crippen LogP contribution in [0.3, 0.4) is 0 Å². The van der Waals surface area contributed by atoms with Gasteiger partial charge in [0, 0.05) is 30.6 Å². The molecule has 6 N–H and O–H groups in total. The molecule has 2 aromatic rings. The zero-order chi connectivity index (χ0) is 25.1. The van der Waals surface area contributed by atoms with E-state index >= 15 is 0 Å². The van der Waals surface area contributed by atoms with Crippen LogP contribution in [0, 0.1) is 5.41 Å². The molecule has 11 nitrogen and oxygen atoms in total. The number of sulfonamides is 1. The Bertz CT molecular complexity index is 1120. The maximum Gasteiger partial charge on any atom is 0.326 e. The van der Waals surface area contributed by atoms with Crippen molar-refractivity contribution < 1.29 is 27.5 Å². The lowest BCUT2D eigenvalue weighted by Gasteiger charge is -2.18. The minimum Gasteiger partial charge on any atom is -0.465 e. The first-order chi connectivity index (χ1) is 16.1. The Labute approximate surface area is 197 Å². The molecule has 0 radical (unpaired) electrons. The van der Waals surface area contributed by atoms with Gasteiger partial charge in [-0.05, 0) is 31.2 Å². The molecule has 0 aromatic heterocycles. The van der Waals surface area contributed by atoms with Crippen molar-refractivity contribution >= 4 is 33.6 Å². The normalized spacial score (nSPS) is 11.8. The SMILES string of the molecule is CCOC(=O)C(CNC(=O)CCNC(=O)c1ccc(C(=N)N)cc1)NS(=O)(=O)c1ccccc1. The summed E-state index contributed by atoms with van der Waals surface area (Å²) in [6.45, 7) is 1.30. The van der Waals surface area contributed by atoms with Crippen molar-refractivity contribution in [1.82, 2.24) is 15.4 Å². The van der Waals surface area contributed by atoms with E-state index in [-0.39, 0.29) is 36.8 Å². The van der Waals surface area contributed by atoms with E-state index in [0.29, 0.717) is 11.1 Å². The second-order valence-corrected chi connectivity index (χ2v) is 8.75.